The van der Waals surface area contributed by atoms with Gasteiger partial charge in [-0.3, -0.25) is 0 Å². The molecule has 0 fully saturated rings. The minimum absolute atomic E-state index is 0.769. The van der Waals surface area contributed by atoms with Crippen LogP contribution in [0.15, 0.2) is 60.7 Å². The summed E-state index contributed by atoms with van der Waals surface area (Å²) in [4.78, 5) is 0. The lowest BCUT2D eigenvalue weighted by Gasteiger charge is -2.03. The van der Waals surface area contributed by atoms with Gasteiger partial charge in [0.1, 0.15) is 0 Å². The topological polar surface area (TPSA) is 48.1 Å². The van der Waals surface area contributed by atoms with Crippen molar-refractivity contribution in [3.8, 4) is 0 Å². The Balaban J connectivity index is 0.000000141. The van der Waals surface area contributed by atoms with Gasteiger partial charge >= 0.3 is 0 Å². The van der Waals surface area contributed by atoms with Crippen molar-refractivity contribution in [1.29, 1.82) is 0 Å². The quantitative estimate of drug-likeness (QED) is 0.661. The number of rotatable bonds is 2. The van der Waals surface area contributed by atoms with Gasteiger partial charge in [-0.2, -0.15) is 0 Å². The van der Waals surface area contributed by atoms with E-state index in [2.05, 4.69) is 33.9 Å². The van der Waals surface area contributed by atoms with E-state index in [1.54, 1.807) is 0 Å². The van der Waals surface area contributed by atoms with Gasteiger partial charge in [0.2, 0.25) is 0 Å². The van der Waals surface area contributed by atoms with Crippen molar-refractivity contribution in [2.45, 2.75) is 0 Å². The lowest BCUT2D eigenvalue weighted by Crippen LogP contribution is -2.22. The summed E-state index contributed by atoms with van der Waals surface area (Å²) in [5, 5.41) is 1.54. The first kappa shape index (κ1) is 16.9. The van der Waals surface area contributed by atoms with E-state index in [4.69, 9.17) is 23.2 Å². The molecule has 0 atom stereocenters. The highest BCUT2D eigenvalue weighted by Gasteiger charge is 2.05. The van der Waals surface area contributed by atoms with Crippen molar-refractivity contribution < 1.29 is 0 Å². The second-order valence-corrected chi connectivity index (χ2v) is 6.13. The van der Waals surface area contributed by atoms with Gasteiger partial charge in [-0.15, -0.1) is 0 Å². The molecule has 4 N–H and O–H groups in total. The predicted molar refractivity (Wildman–Crippen MR) is 101 cm³/mol. The summed E-state index contributed by atoms with van der Waals surface area (Å²) in [6.45, 7) is 1.75. The van der Waals surface area contributed by atoms with Crippen molar-refractivity contribution in [3.05, 3.63) is 81.9 Å². The molecule has 0 radical (unpaired) electrons. The maximum atomic E-state index is 5.76. The van der Waals surface area contributed by atoms with Crippen LogP contribution in [0.2, 0.25) is 10.0 Å². The first-order valence-corrected chi connectivity index (χ1v) is 8.38. The smallest absolute Gasteiger partial charge is 0.0533 e. The molecule has 2 aromatic carbocycles. The molecule has 0 saturated carbocycles. The van der Waals surface area contributed by atoms with Crippen molar-refractivity contribution in [3.63, 3.8) is 0 Å². The van der Waals surface area contributed by atoms with Crippen molar-refractivity contribution >= 4 is 34.6 Å². The molecule has 0 spiro atoms. The Morgan fingerprint density at radius 1 is 0.583 bits per heavy atom. The fraction of sp³-hybridized carbons (Fsp3) is 0.111. The van der Waals surface area contributed by atoms with E-state index >= 15 is 0 Å². The molecular formula is C18H18Cl2N4. The largest absolute Gasteiger partial charge is 0.321 e. The summed E-state index contributed by atoms with van der Waals surface area (Å²) in [5.41, 5.74) is 16.7. The summed E-state index contributed by atoms with van der Waals surface area (Å²) in [7, 11) is 0. The molecule has 124 valence electrons. The summed E-state index contributed by atoms with van der Waals surface area (Å²) < 4.78 is 0. The predicted octanol–water partition coefficient (Wildman–Crippen LogP) is 3.58. The zero-order chi connectivity index (χ0) is 16.8. The van der Waals surface area contributed by atoms with E-state index in [-0.39, 0.29) is 0 Å². The van der Waals surface area contributed by atoms with Gasteiger partial charge in [-0.25, -0.2) is 10.9 Å². The highest BCUT2D eigenvalue weighted by Crippen LogP contribution is 2.17. The van der Waals surface area contributed by atoms with E-state index in [1.165, 1.54) is 0 Å². The molecular weight excluding hydrogens is 343 g/mol. The molecule has 0 bridgehead atoms. The molecule has 0 amide bonds. The second-order valence-electron chi connectivity index (χ2n) is 5.26. The van der Waals surface area contributed by atoms with Gasteiger partial charge < -0.3 is 10.9 Å². The van der Waals surface area contributed by atoms with Gasteiger partial charge in [0.25, 0.3) is 0 Å². The summed E-state index contributed by atoms with van der Waals surface area (Å²) in [6, 6.07) is 15.5. The highest BCUT2D eigenvalue weighted by atomic mass is 35.5. The van der Waals surface area contributed by atoms with Crippen molar-refractivity contribution in [2.24, 2.45) is 0 Å². The maximum Gasteiger partial charge on any atom is 0.0533 e. The maximum absolute atomic E-state index is 5.76. The van der Waals surface area contributed by atoms with Crippen LogP contribution in [0.3, 0.4) is 0 Å². The van der Waals surface area contributed by atoms with Crippen LogP contribution in [-0.2, 0) is 0 Å². The third-order valence-electron chi connectivity index (χ3n) is 3.57. The molecule has 0 aromatic heterocycles. The molecule has 0 unspecified atom stereocenters. The Kier molecular flexibility index (Phi) is 5.77. The number of benzene rings is 2. The molecule has 0 saturated heterocycles. The van der Waals surface area contributed by atoms with E-state index in [0.717, 1.165) is 45.7 Å². The van der Waals surface area contributed by atoms with Crippen LogP contribution >= 0.6 is 23.2 Å². The molecule has 2 aliphatic heterocycles. The second kappa shape index (κ2) is 8.22. The van der Waals surface area contributed by atoms with Gasteiger partial charge in [-0.05, 0) is 47.5 Å². The number of hydrogen-bond donors (Lipinski definition) is 4. The third-order valence-corrected chi connectivity index (χ3v) is 4.08. The van der Waals surface area contributed by atoms with Gasteiger partial charge in [0.15, 0.2) is 0 Å². The Morgan fingerprint density at radius 3 is 1.25 bits per heavy atom. The monoisotopic (exact) mass is 360 g/mol. The first-order valence-electron chi connectivity index (χ1n) is 7.62. The lowest BCUT2D eigenvalue weighted by molar-refractivity contribution is 0.738. The zero-order valence-electron chi connectivity index (χ0n) is 12.9. The number of halogens is 2. The summed E-state index contributed by atoms with van der Waals surface area (Å²) in [5.74, 6) is 0. The Bertz CT molecular complexity index is 671. The zero-order valence-corrected chi connectivity index (χ0v) is 14.5. The van der Waals surface area contributed by atoms with Crippen LogP contribution < -0.4 is 21.7 Å². The molecule has 4 nitrogen and oxygen atoms in total. The third kappa shape index (κ3) is 4.52. The minimum Gasteiger partial charge on any atom is -0.321 e. The fourth-order valence-electron chi connectivity index (χ4n) is 2.34. The van der Waals surface area contributed by atoms with E-state index in [1.807, 2.05) is 48.5 Å². The van der Waals surface area contributed by atoms with E-state index in [0.29, 0.717) is 0 Å². The average Bonchev–Trinajstić information content (AvgIpc) is 3.31. The standard InChI is InChI=1S/2C9H9ClN2/c2*10-8-3-1-7(2-4-8)9-5-6-11-12-9/h2*1-5,11-12H,6H2. The number of hydrogen-bond acceptors (Lipinski definition) is 4. The molecule has 6 heteroatoms. The van der Waals surface area contributed by atoms with Crippen LogP contribution in [0.5, 0.6) is 0 Å². The molecule has 2 aromatic rings. The van der Waals surface area contributed by atoms with Crippen LogP contribution in [-0.4, -0.2) is 13.1 Å². The number of nitrogens with one attached hydrogen (secondary N) is 4. The van der Waals surface area contributed by atoms with E-state index < -0.39 is 0 Å². The van der Waals surface area contributed by atoms with Crippen LogP contribution in [0.4, 0.5) is 0 Å². The lowest BCUT2D eigenvalue weighted by atomic mass is 10.1. The first-order chi connectivity index (χ1) is 11.7. The van der Waals surface area contributed by atoms with Crippen LogP contribution in [0, 0.1) is 0 Å². The fourth-order valence-corrected chi connectivity index (χ4v) is 2.59. The SMILES string of the molecule is Clc1ccc(C2=CCNN2)cc1.Clc1ccc(C2=CCNN2)cc1. The van der Waals surface area contributed by atoms with Crippen molar-refractivity contribution in [1.82, 2.24) is 21.7 Å². The molecule has 24 heavy (non-hydrogen) atoms. The molecule has 2 heterocycles. The normalized spacial score (nSPS) is 15.6. The van der Waals surface area contributed by atoms with E-state index in [9.17, 15) is 0 Å². The minimum atomic E-state index is 0.769. The Labute approximate surface area is 151 Å². The van der Waals surface area contributed by atoms with Crippen LogP contribution in [0.25, 0.3) is 11.4 Å². The summed E-state index contributed by atoms with van der Waals surface area (Å²) in [6.07, 6.45) is 4.20. The Morgan fingerprint density at radius 2 is 0.958 bits per heavy atom. The molecule has 2 aliphatic rings. The Hall–Kier alpha value is -1.98. The van der Waals surface area contributed by atoms with Gasteiger partial charge in [0, 0.05) is 23.1 Å². The van der Waals surface area contributed by atoms with Crippen molar-refractivity contribution in [2.75, 3.05) is 13.1 Å². The van der Waals surface area contributed by atoms with Gasteiger partial charge in [-0.1, -0.05) is 47.5 Å². The number of hydrazine groups is 2. The van der Waals surface area contributed by atoms with Gasteiger partial charge in [0.05, 0.1) is 11.4 Å². The molecule has 4 rings (SSSR count). The summed E-state index contributed by atoms with van der Waals surface area (Å²) >= 11 is 11.5. The average molecular weight is 361 g/mol. The molecule has 0 aliphatic carbocycles. The van der Waals surface area contributed by atoms with Crippen LogP contribution in [0.1, 0.15) is 11.1 Å². The highest BCUT2D eigenvalue weighted by molar-refractivity contribution is 6.30.